The number of hydrogen-bond donors (Lipinski definition) is 0. The maximum Gasteiger partial charge on any atom is 0.338 e. The Balaban J connectivity index is 2.08. The minimum Gasteiger partial charge on any atom is -0.496 e. The predicted molar refractivity (Wildman–Crippen MR) is 94.9 cm³/mol. The Morgan fingerprint density at radius 1 is 1.07 bits per heavy atom. The number of esters is 1. The quantitative estimate of drug-likeness (QED) is 0.527. The average Bonchev–Trinajstić information content (AvgIpc) is 2.65. The first-order chi connectivity index (χ1) is 12.7. The lowest BCUT2D eigenvalue weighted by molar-refractivity contribution is 0.0474. The van der Waals surface area contributed by atoms with Crippen LogP contribution in [0.15, 0.2) is 47.4 Å². The van der Waals surface area contributed by atoms with E-state index in [1.165, 1.54) is 51.5 Å². The summed E-state index contributed by atoms with van der Waals surface area (Å²) in [5, 5.41) is 0. The number of carbonyl (C=O) groups excluding carboxylic acids is 2. The van der Waals surface area contributed by atoms with Crippen LogP contribution in [0.25, 0.3) is 0 Å². The van der Waals surface area contributed by atoms with Crippen LogP contribution in [0, 0.1) is 5.82 Å². The van der Waals surface area contributed by atoms with Crippen LogP contribution >= 0.6 is 0 Å². The van der Waals surface area contributed by atoms with E-state index in [-0.39, 0.29) is 21.8 Å². The van der Waals surface area contributed by atoms with Crippen molar-refractivity contribution in [3.63, 3.8) is 0 Å². The van der Waals surface area contributed by atoms with Gasteiger partial charge in [0, 0.05) is 14.1 Å². The fourth-order valence-electron chi connectivity index (χ4n) is 2.16. The number of halogens is 1. The Morgan fingerprint density at radius 3 is 2.26 bits per heavy atom. The van der Waals surface area contributed by atoms with Crippen LogP contribution < -0.4 is 4.74 Å². The summed E-state index contributed by atoms with van der Waals surface area (Å²) in [6.07, 6.45) is 0. The number of methoxy groups -OCH3 is 1. The fourth-order valence-corrected chi connectivity index (χ4v) is 3.07. The van der Waals surface area contributed by atoms with E-state index in [1.807, 2.05) is 0 Å². The molecule has 2 rings (SSSR count). The molecule has 0 saturated heterocycles. The van der Waals surface area contributed by atoms with Crippen molar-refractivity contribution in [3.8, 4) is 5.75 Å². The van der Waals surface area contributed by atoms with Gasteiger partial charge in [-0.2, -0.15) is 0 Å². The molecule has 0 aliphatic carbocycles. The topological polar surface area (TPSA) is 90.0 Å². The largest absolute Gasteiger partial charge is 0.496 e. The van der Waals surface area contributed by atoms with E-state index in [1.54, 1.807) is 0 Å². The van der Waals surface area contributed by atoms with E-state index in [4.69, 9.17) is 9.47 Å². The van der Waals surface area contributed by atoms with Gasteiger partial charge in [0.15, 0.2) is 6.61 Å². The molecule has 7 nitrogen and oxygen atoms in total. The summed E-state index contributed by atoms with van der Waals surface area (Å²) in [5.74, 6) is -1.90. The number of ether oxygens (including phenoxy) is 2. The number of ketones is 1. The molecule has 0 aliphatic heterocycles. The highest BCUT2D eigenvalue weighted by Gasteiger charge is 2.19. The van der Waals surface area contributed by atoms with Gasteiger partial charge >= 0.3 is 5.97 Å². The van der Waals surface area contributed by atoms with Crippen LogP contribution in [-0.4, -0.2) is 52.3 Å². The van der Waals surface area contributed by atoms with Gasteiger partial charge in [-0.25, -0.2) is 21.9 Å². The molecule has 0 saturated carbocycles. The minimum absolute atomic E-state index is 0.0182. The Morgan fingerprint density at radius 2 is 1.70 bits per heavy atom. The Kier molecular flexibility index (Phi) is 6.29. The van der Waals surface area contributed by atoms with Crippen molar-refractivity contribution in [2.24, 2.45) is 0 Å². The first-order valence-corrected chi connectivity index (χ1v) is 9.17. The molecule has 0 N–H and O–H groups in total. The summed E-state index contributed by atoms with van der Waals surface area (Å²) in [5.41, 5.74) is 0.0319. The molecule has 0 unspecified atom stereocenters. The molecule has 0 heterocycles. The van der Waals surface area contributed by atoms with Gasteiger partial charge in [-0.15, -0.1) is 0 Å². The Labute approximate surface area is 156 Å². The highest BCUT2D eigenvalue weighted by atomic mass is 32.2. The van der Waals surface area contributed by atoms with Gasteiger partial charge in [0.05, 0.1) is 23.1 Å². The SMILES string of the molecule is COc1ccc(F)cc1C(=O)COC(=O)c1ccc(S(=O)(=O)N(C)C)cc1. The van der Waals surface area contributed by atoms with Crippen LogP contribution in [0.2, 0.25) is 0 Å². The van der Waals surface area contributed by atoms with Gasteiger partial charge in [0.2, 0.25) is 15.8 Å². The Bertz CT molecular complexity index is 954. The summed E-state index contributed by atoms with van der Waals surface area (Å²) in [4.78, 5) is 24.2. The maximum absolute atomic E-state index is 13.3. The summed E-state index contributed by atoms with van der Waals surface area (Å²) in [7, 11) is 0.503. The van der Waals surface area contributed by atoms with Gasteiger partial charge in [-0.1, -0.05) is 0 Å². The molecule has 2 aromatic rings. The van der Waals surface area contributed by atoms with Crippen LogP contribution in [0.1, 0.15) is 20.7 Å². The van der Waals surface area contributed by atoms with Crippen molar-refractivity contribution >= 4 is 21.8 Å². The third kappa shape index (κ3) is 4.69. The van der Waals surface area contributed by atoms with E-state index < -0.39 is 34.2 Å². The molecular weight excluding hydrogens is 377 g/mol. The van der Waals surface area contributed by atoms with Gasteiger partial charge in [0.1, 0.15) is 11.6 Å². The van der Waals surface area contributed by atoms with Crippen LogP contribution in [-0.2, 0) is 14.8 Å². The van der Waals surface area contributed by atoms with E-state index in [0.29, 0.717) is 0 Å². The molecule has 0 amide bonds. The van der Waals surface area contributed by atoms with Crippen LogP contribution in [0.5, 0.6) is 5.75 Å². The van der Waals surface area contributed by atoms with Crippen LogP contribution in [0.3, 0.4) is 0 Å². The summed E-state index contributed by atoms with van der Waals surface area (Å²) < 4.78 is 48.3. The maximum atomic E-state index is 13.3. The Hall–Kier alpha value is -2.78. The smallest absolute Gasteiger partial charge is 0.338 e. The van der Waals surface area contributed by atoms with Crippen molar-refractivity contribution in [2.45, 2.75) is 4.90 Å². The molecule has 0 fully saturated rings. The molecule has 144 valence electrons. The highest BCUT2D eigenvalue weighted by Crippen LogP contribution is 2.20. The molecule has 0 atom stereocenters. The fraction of sp³-hybridized carbons (Fsp3) is 0.222. The predicted octanol–water partition coefficient (Wildman–Crippen LogP) is 2.12. The zero-order chi connectivity index (χ0) is 20.2. The summed E-state index contributed by atoms with van der Waals surface area (Å²) in [6, 6.07) is 8.54. The minimum atomic E-state index is -3.62. The van der Waals surface area contributed by atoms with Crippen LogP contribution in [0.4, 0.5) is 4.39 Å². The number of Topliss-reactive ketones (excluding diaryl/α,β-unsaturated/α-hetero) is 1. The molecule has 0 aromatic heterocycles. The zero-order valence-corrected chi connectivity index (χ0v) is 15.7. The van der Waals surface area contributed by atoms with E-state index >= 15 is 0 Å². The lowest BCUT2D eigenvalue weighted by Gasteiger charge is -2.11. The van der Waals surface area contributed by atoms with Crippen molar-refractivity contribution in [1.82, 2.24) is 4.31 Å². The van der Waals surface area contributed by atoms with Crippen molar-refractivity contribution in [2.75, 3.05) is 27.8 Å². The van der Waals surface area contributed by atoms with E-state index in [9.17, 15) is 22.4 Å². The van der Waals surface area contributed by atoms with Gasteiger partial charge in [0.25, 0.3) is 0 Å². The third-order valence-electron chi connectivity index (χ3n) is 3.66. The standard InChI is InChI=1S/C18H18FNO6S/c1-20(2)27(23,24)14-7-4-12(5-8-14)18(22)26-11-16(21)15-10-13(19)6-9-17(15)25-3/h4-10H,11H2,1-3H3. The number of nitrogens with zero attached hydrogens (tertiary/aromatic N) is 1. The molecule has 0 spiro atoms. The second-order valence-electron chi connectivity index (χ2n) is 5.66. The number of benzene rings is 2. The van der Waals surface area contributed by atoms with Crippen molar-refractivity contribution in [3.05, 3.63) is 59.4 Å². The summed E-state index contributed by atoms with van der Waals surface area (Å²) >= 11 is 0. The van der Waals surface area contributed by atoms with Gasteiger partial charge in [-0.05, 0) is 42.5 Å². The molecule has 0 radical (unpaired) electrons. The first kappa shape index (κ1) is 20.5. The molecular formula is C18H18FNO6S. The third-order valence-corrected chi connectivity index (χ3v) is 5.49. The molecule has 0 aliphatic rings. The normalized spacial score (nSPS) is 11.3. The molecule has 9 heteroatoms. The average molecular weight is 395 g/mol. The highest BCUT2D eigenvalue weighted by molar-refractivity contribution is 7.89. The van der Waals surface area contributed by atoms with Gasteiger partial charge in [-0.3, -0.25) is 4.79 Å². The number of carbonyl (C=O) groups is 2. The van der Waals surface area contributed by atoms with Crippen molar-refractivity contribution < 1.29 is 31.9 Å². The molecule has 2 aromatic carbocycles. The van der Waals surface area contributed by atoms with Gasteiger partial charge < -0.3 is 9.47 Å². The van der Waals surface area contributed by atoms with Crippen molar-refractivity contribution in [1.29, 1.82) is 0 Å². The van der Waals surface area contributed by atoms with E-state index in [0.717, 1.165) is 16.4 Å². The molecule has 27 heavy (non-hydrogen) atoms. The number of hydrogen-bond acceptors (Lipinski definition) is 6. The second kappa shape index (κ2) is 8.28. The van der Waals surface area contributed by atoms with E-state index in [2.05, 4.69) is 0 Å². The summed E-state index contributed by atoms with van der Waals surface area (Å²) in [6.45, 7) is -0.615. The number of sulfonamides is 1. The zero-order valence-electron chi connectivity index (χ0n) is 14.9. The number of rotatable bonds is 7. The second-order valence-corrected chi connectivity index (χ2v) is 7.81. The molecule has 0 bridgehead atoms. The lowest BCUT2D eigenvalue weighted by Crippen LogP contribution is -2.22. The monoisotopic (exact) mass is 395 g/mol. The first-order valence-electron chi connectivity index (χ1n) is 7.73. The lowest BCUT2D eigenvalue weighted by atomic mass is 10.1.